The van der Waals surface area contributed by atoms with E-state index in [4.69, 9.17) is 9.47 Å². The molecule has 0 spiro atoms. The molecular weight excluding hydrogens is 304 g/mol. The lowest BCUT2D eigenvalue weighted by atomic mass is 10.1. The molecule has 0 aromatic heterocycles. The lowest BCUT2D eigenvalue weighted by Crippen LogP contribution is -2.44. The van der Waals surface area contributed by atoms with Crippen molar-refractivity contribution < 1.29 is 14.3 Å². The van der Waals surface area contributed by atoms with E-state index in [0.717, 1.165) is 11.1 Å². The van der Waals surface area contributed by atoms with Gasteiger partial charge in [-0.1, -0.05) is 36.4 Å². The van der Waals surface area contributed by atoms with Crippen LogP contribution in [-0.4, -0.2) is 37.7 Å². The number of anilines is 1. The van der Waals surface area contributed by atoms with Crippen molar-refractivity contribution in [2.75, 3.05) is 32.1 Å². The highest BCUT2D eigenvalue weighted by molar-refractivity contribution is 5.91. The van der Waals surface area contributed by atoms with Crippen molar-refractivity contribution in [2.45, 2.75) is 13.0 Å². The molecule has 1 aliphatic rings. The molecule has 2 aromatic carbocycles. The molecule has 24 heavy (non-hydrogen) atoms. The van der Waals surface area contributed by atoms with Gasteiger partial charge in [-0.2, -0.15) is 0 Å². The maximum atomic E-state index is 12.6. The molecule has 1 heterocycles. The maximum Gasteiger partial charge on any atom is 0.322 e. The Morgan fingerprint density at radius 1 is 1.25 bits per heavy atom. The van der Waals surface area contributed by atoms with Gasteiger partial charge in [0, 0.05) is 6.54 Å². The van der Waals surface area contributed by atoms with Crippen LogP contribution < -0.4 is 10.1 Å². The molecule has 1 atom stereocenters. The minimum Gasteiger partial charge on any atom is -0.495 e. The summed E-state index contributed by atoms with van der Waals surface area (Å²) in [4.78, 5) is 14.4. The van der Waals surface area contributed by atoms with E-state index in [1.54, 1.807) is 12.0 Å². The van der Waals surface area contributed by atoms with Crippen LogP contribution in [0.2, 0.25) is 0 Å². The average molecular weight is 326 g/mol. The van der Waals surface area contributed by atoms with Gasteiger partial charge in [0.05, 0.1) is 25.9 Å². The highest BCUT2D eigenvalue weighted by atomic mass is 16.5. The van der Waals surface area contributed by atoms with Crippen LogP contribution in [0.3, 0.4) is 0 Å². The normalized spacial score (nSPS) is 17.4. The molecule has 0 aliphatic carbocycles. The van der Waals surface area contributed by atoms with Gasteiger partial charge in [0.15, 0.2) is 0 Å². The van der Waals surface area contributed by atoms with Gasteiger partial charge in [-0.15, -0.1) is 0 Å². The van der Waals surface area contributed by atoms with Crippen molar-refractivity contribution >= 4 is 11.7 Å². The molecule has 5 heteroatoms. The summed E-state index contributed by atoms with van der Waals surface area (Å²) in [7, 11) is 1.60. The zero-order valence-corrected chi connectivity index (χ0v) is 14.0. The number of methoxy groups -OCH3 is 1. The third-order valence-electron chi connectivity index (χ3n) is 4.12. The smallest absolute Gasteiger partial charge is 0.322 e. The van der Waals surface area contributed by atoms with Crippen LogP contribution in [0.25, 0.3) is 0 Å². The third-order valence-corrected chi connectivity index (χ3v) is 4.12. The van der Waals surface area contributed by atoms with Gasteiger partial charge < -0.3 is 19.7 Å². The van der Waals surface area contributed by atoms with Gasteiger partial charge in [0.25, 0.3) is 0 Å². The molecule has 3 rings (SSSR count). The van der Waals surface area contributed by atoms with Crippen LogP contribution in [0.15, 0.2) is 48.5 Å². The summed E-state index contributed by atoms with van der Waals surface area (Å²) in [5.74, 6) is 0.654. The summed E-state index contributed by atoms with van der Waals surface area (Å²) in [6.45, 7) is 3.61. The molecule has 5 nitrogen and oxygen atoms in total. The van der Waals surface area contributed by atoms with Crippen molar-refractivity contribution in [3.8, 4) is 5.75 Å². The number of aryl methyl sites for hydroxylation is 1. The van der Waals surface area contributed by atoms with Gasteiger partial charge in [0.1, 0.15) is 11.9 Å². The molecule has 1 unspecified atom stereocenters. The lowest BCUT2D eigenvalue weighted by molar-refractivity contribution is -0.0135. The average Bonchev–Trinajstić information content (AvgIpc) is 2.63. The van der Waals surface area contributed by atoms with Gasteiger partial charge in [0.2, 0.25) is 0 Å². The summed E-state index contributed by atoms with van der Waals surface area (Å²) in [5.41, 5.74) is 2.84. The number of rotatable bonds is 3. The topological polar surface area (TPSA) is 50.8 Å². The lowest BCUT2D eigenvalue weighted by Gasteiger charge is -2.33. The quantitative estimate of drug-likeness (QED) is 0.937. The van der Waals surface area contributed by atoms with E-state index in [2.05, 4.69) is 5.32 Å². The number of urea groups is 1. The number of carbonyl (C=O) groups is 1. The summed E-state index contributed by atoms with van der Waals surface area (Å²) < 4.78 is 11.1. The second kappa shape index (κ2) is 7.36. The van der Waals surface area contributed by atoms with Gasteiger partial charge in [-0.05, 0) is 30.2 Å². The fraction of sp³-hybridized carbons (Fsp3) is 0.316. The Morgan fingerprint density at radius 3 is 2.79 bits per heavy atom. The molecule has 1 N–H and O–H groups in total. The van der Waals surface area contributed by atoms with E-state index in [1.807, 2.05) is 55.5 Å². The zero-order chi connectivity index (χ0) is 16.9. The van der Waals surface area contributed by atoms with Crippen LogP contribution in [-0.2, 0) is 4.74 Å². The first-order valence-electron chi connectivity index (χ1n) is 8.04. The van der Waals surface area contributed by atoms with Crippen molar-refractivity contribution in [3.05, 3.63) is 59.7 Å². The summed E-state index contributed by atoms with van der Waals surface area (Å²) in [6, 6.07) is 15.6. The SMILES string of the molecule is COc1ccc(C)cc1NC(=O)N1CCOC(c2ccccc2)C1. The van der Waals surface area contributed by atoms with Gasteiger partial charge >= 0.3 is 6.03 Å². The fourth-order valence-electron chi connectivity index (χ4n) is 2.82. The number of hydrogen-bond donors (Lipinski definition) is 1. The first-order valence-corrected chi connectivity index (χ1v) is 8.04. The number of morpholine rings is 1. The Kier molecular flexibility index (Phi) is 5.01. The third kappa shape index (κ3) is 3.68. The van der Waals surface area contributed by atoms with E-state index in [1.165, 1.54) is 0 Å². The van der Waals surface area contributed by atoms with E-state index in [9.17, 15) is 4.79 Å². The number of ether oxygens (including phenoxy) is 2. The number of nitrogens with one attached hydrogen (secondary N) is 1. The van der Waals surface area contributed by atoms with Gasteiger partial charge in [-0.3, -0.25) is 0 Å². The number of carbonyl (C=O) groups excluding carboxylic acids is 1. The molecule has 126 valence electrons. The molecule has 0 radical (unpaired) electrons. The molecule has 0 saturated carbocycles. The Labute approximate surface area is 142 Å². The van der Waals surface area contributed by atoms with Crippen molar-refractivity contribution in [1.29, 1.82) is 0 Å². The summed E-state index contributed by atoms with van der Waals surface area (Å²) in [5, 5.41) is 2.95. The van der Waals surface area contributed by atoms with E-state index >= 15 is 0 Å². The Morgan fingerprint density at radius 2 is 2.04 bits per heavy atom. The zero-order valence-electron chi connectivity index (χ0n) is 14.0. The van der Waals surface area contributed by atoms with Gasteiger partial charge in [-0.25, -0.2) is 4.79 Å². The highest BCUT2D eigenvalue weighted by Crippen LogP contribution is 2.27. The summed E-state index contributed by atoms with van der Waals surface area (Å²) >= 11 is 0. The highest BCUT2D eigenvalue weighted by Gasteiger charge is 2.25. The summed E-state index contributed by atoms with van der Waals surface area (Å²) in [6.07, 6.45) is -0.0925. The van der Waals surface area contributed by atoms with E-state index < -0.39 is 0 Å². The number of nitrogens with zero attached hydrogens (tertiary/aromatic N) is 1. The van der Waals surface area contributed by atoms with Crippen molar-refractivity contribution in [1.82, 2.24) is 4.90 Å². The van der Waals surface area contributed by atoms with Crippen molar-refractivity contribution in [3.63, 3.8) is 0 Å². The van der Waals surface area contributed by atoms with Crippen molar-refractivity contribution in [2.24, 2.45) is 0 Å². The Hall–Kier alpha value is -2.53. The van der Waals surface area contributed by atoms with E-state index in [-0.39, 0.29) is 12.1 Å². The molecule has 1 fully saturated rings. The predicted molar refractivity (Wildman–Crippen MR) is 93.5 cm³/mol. The molecule has 2 amide bonds. The molecule has 2 aromatic rings. The maximum absolute atomic E-state index is 12.6. The predicted octanol–water partition coefficient (Wildman–Crippen LogP) is 3.61. The number of benzene rings is 2. The minimum atomic E-state index is -0.136. The van der Waals surface area contributed by atoms with Crippen LogP contribution >= 0.6 is 0 Å². The number of hydrogen-bond acceptors (Lipinski definition) is 3. The molecular formula is C19H22N2O3. The van der Waals surface area contributed by atoms with Crippen LogP contribution in [0.1, 0.15) is 17.2 Å². The van der Waals surface area contributed by atoms with Crippen LogP contribution in [0.5, 0.6) is 5.75 Å². The fourth-order valence-corrected chi connectivity index (χ4v) is 2.82. The first kappa shape index (κ1) is 16.3. The molecule has 1 aliphatic heterocycles. The largest absolute Gasteiger partial charge is 0.495 e. The first-order chi connectivity index (χ1) is 11.7. The van der Waals surface area contributed by atoms with Crippen LogP contribution in [0, 0.1) is 6.92 Å². The minimum absolute atomic E-state index is 0.0925. The molecule has 1 saturated heterocycles. The second-order valence-corrected chi connectivity index (χ2v) is 5.85. The standard InChI is InChI=1S/C19H22N2O3/c1-14-8-9-17(23-2)16(12-14)20-19(22)21-10-11-24-18(13-21)15-6-4-3-5-7-15/h3-9,12,18H,10-11,13H2,1-2H3,(H,20,22). The second-order valence-electron chi connectivity index (χ2n) is 5.85. The number of amides is 2. The monoisotopic (exact) mass is 326 g/mol. The Balaban J connectivity index is 1.70. The molecule has 0 bridgehead atoms. The van der Waals surface area contributed by atoms with Crippen LogP contribution in [0.4, 0.5) is 10.5 Å². The van der Waals surface area contributed by atoms with E-state index in [0.29, 0.717) is 31.1 Å². The Bertz CT molecular complexity index is 703.